The van der Waals surface area contributed by atoms with Crippen molar-refractivity contribution in [3.8, 4) is 11.1 Å². The molecule has 2 aromatic carbocycles. The molecule has 0 spiro atoms. The Hall–Kier alpha value is -2.92. The van der Waals surface area contributed by atoms with Crippen molar-refractivity contribution in [1.29, 1.82) is 0 Å². The Morgan fingerprint density at radius 3 is 2.55 bits per heavy atom. The number of aryl methyl sites for hydroxylation is 1. The Labute approximate surface area is 267 Å². The number of aromatic nitrogens is 2. The first-order valence-corrected chi connectivity index (χ1v) is 16.8. The highest BCUT2D eigenvalue weighted by Crippen LogP contribution is 2.46. The molecule has 1 amide bonds. The highest BCUT2D eigenvalue weighted by Gasteiger charge is 2.36. The summed E-state index contributed by atoms with van der Waals surface area (Å²) in [7, 11) is 0. The summed E-state index contributed by atoms with van der Waals surface area (Å²) in [6.07, 6.45) is 1.36. The topological polar surface area (TPSA) is 64.9 Å². The number of amides is 1. The Bertz CT molecular complexity index is 1670. The lowest BCUT2D eigenvalue weighted by Crippen LogP contribution is -2.58. The maximum Gasteiger partial charge on any atom is 0.350 e. The Balaban J connectivity index is 1.50. The molecule has 11 heteroatoms. The summed E-state index contributed by atoms with van der Waals surface area (Å²) in [4.78, 5) is 41.4. The second-order valence-electron chi connectivity index (χ2n) is 12.3. The molecular weight excluding hydrogens is 599 g/mol. The number of thioether (sulfide) groups is 1. The van der Waals surface area contributed by atoms with E-state index in [1.165, 1.54) is 12.1 Å². The minimum absolute atomic E-state index is 0.0389. The van der Waals surface area contributed by atoms with Gasteiger partial charge in [0, 0.05) is 79.5 Å². The summed E-state index contributed by atoms with van der Waals surface area (Å²) in [6.45, 7) is 18.9. The van der Waals surface area contributed by atoms with Crippen LogP contribution < -0.4 is 10.6 Å². The number of benzene rings is 2. The summed E-state index contributed by atoms with van der Waals surface area (Å²) >= 11 is 8.01. The zero-order valence-electron chi connectivity index (χ0n) is 25.9. The summed E-state index contributed by atoms with van der Waals surface area (Å²) in [6, 6.07) is 6.78. The second-order valence-corrected chi connectivity index (χ2v) is 13.7. The van der Waals surface area contributed by atoms with Crippen LogP contribution in [-0.2, 0) is 4.79 Å². The van der Waals surface area contributed by atoms with Gasteiger partial charge in [-0.25, -0.2) is 9.18 Å². The zero-order valence-corrected chi connectivity index (χ0v) is 27.4. The van der Waals surface area contributed by atoms with Crippen molar-refractivity contribution in [2.75, 3.05) is 63.0 Å². The largest absolute Gasteiger partial charge is 0.350 e. The average molecular weight is 639 g/mol. The lowest BCUT2D eigenvalue weighted by atomic mass is 9.97. The molecule has 3 atom stereocenters. The van der Waals surface area contributed by atoms with Crippen LogP contribution in [0, 0.1) is 12.7 Å². The van der Waals surface area contributed by atoms with E-state index in [1.54, 1.807) is 23.9 Å². The van der Waals surface area contributed by atoms with Gasteiger partial charge in [0.25, 0.3) is 0 Å². The van der Waals surface area contributed by atoms with Crippen LogP contribution in [0.5, 0.6) is 0 Å². The van der Waals surface area contributed by atoms with Gasteiger partial charge in [-0.15, -0.1) is 11.8 Å². The van der Waals surface area contributed by atoms with Crippen LogP contribution in [0.3, 0.4) is 0 Å². The van der Waals surface area contributed by atoms with E-state index < -0.39 is 5.82 Å². The normalized spacial score (nSPS) is 22.9. The highest BCUT2D eigenvalue weighted by molar-refractivity contribution is 7.99. The predicted molar refractivity (Wildman–Crippen MR) is 178 cm³/mol. The van der Waals surface area contributed by atoms with Gasteiger partial charge in [0.2, 0.25) is 5.91 Å². The van der Waals surface area contributed by atoms with E-state index in [1.807, 2.05) is 23.3 Å². The fraction of sp³-hybridized carbons (Fsp3) is 0.485. The average Bonchev–Trinajstić information content (AvgIpc) is 3.01. The van der Waals surface area contributed by atoms with Crippen molar-refractivity contribution >= 4 is 46.0 Å². The Morgan fingerprint density at radius 2 is 1.86 bits per heavy atom. The van der Waals surface area contributed by atoms with Crippen molar-refractivity contribution in [2.45, 2.75) is 50.7 Å². The number of hydrogen-bond donors (Lipinski definition) is 0. The predicted octanol–water partition coefficient (Wildman–Crippen LogP) is 5.06. The van der Waals surface area contributed by atoms with Gasteiger partial charge in [-0.1, -0.05) is 31.2 Å². The molecule has 2 fully saturated rings. The third-order valence-electron chi connectivity index (χ3n) is 9.43. The van der Waals surface area contributed by atoms with Crippen LogP contribution in [0.15, 0.2) is 46.6 Å². The van der Waals surface area contributed by atoms with Gasteiger partial charge in [0.05, 0.1) is 16.6 Å². The van der Waals surface area contributed by atoms with E-state index in [9.17, 15) is 14.0 Å². The minimum atomic E-state index is -0.459. The maximum absolute atomic E-state index is 14.2. The molecule has 3 aromatic rings. The summed E-state index contributed by atoms with van der Waals surface area (Å²) < 4.78 is 16.1. The van der Waals surface area contributed by atoms with Gasteiger partial charge in [0.15, 0.2) is 0 Å². The number of rotatable bonds is 6. The van der Waals surface area contributed by atoms with Crippen molar-refractivity contribution in [3.63, 3.8) is 0 Å². The third-order valence-corrected chi connectivity index (χ3v) is 11.0. The van der Waals surface area contributed by atoms with Gasteiger partial charge < -0.3 is 14.7 Å². The lowest BCUT2D eigenvalue weighted by molar-refractivity contribution is -0.128. The minimum Gasteiger partial charge on any atom is -0.349 e. The number of likely N-dealkylation sites (N-methyl/N-ethyl adjacent to an activating group) is 1. The molecule has 0 radical (unpaired) electrons. The van der Waals surface area contributed by atoms with Gasteiger partial charge >= 0.3 is 5.69 Å². The van der Waals surface area contributed by atoms with E-state index in [0.717, 1.165) is 77.5 Å². The molecular formula is C33H40ClFN6O2S. The number of anilines is 1. The molecule has 0 unspecified atom stereocenters. The molecule has 2 saturated heterocycles. The lowest BCUT2D eigenvalue weighted by Gasteiger charge is -2.45. The maximum atomic E-state index is 14.2. The van der Waals surface area contributed by atoms with Crippen LogP contribution >= 0.6 is 23.4 Å². The van der Waals surface area contributed by atoms with E-state index in [4.69, 9.17) is 16.6 Å². The SMILES string of the molecule is C=CC(=O)N1C[C@H](C)N(c2nc(=O)n3c4c(c(-c5ccc(F)c(Cl)c5)c(C)cc24)SC[C@@H]3CN2CCN(CC)CC2)C[C@H]1C. The van der Waals surface area contributed by atoms with E-state index in [-0.39, 0.29) is 34.7 Å². The van der Waals surface area contributed by atoms with Gasteiger partial charge in [-0.3, -0.25) is 14.3 Å². The van der Waals surface area contributed by atoms with Crippen LogP contribution in [0.1, 0.15) is 32.4 Å². The number of hydrogen-bond acceptors (Lipinski definition) is 7. The van der Waals surface area contributed by atoms with E-state index in [2.05, 4.69) is 41.2 Å². The monoisotopic (exact) mass is 638 g/mol. The Morgan fingerprint density at radius 1 is 1.14 bits per heavy atom. The molecule has 3 aliphatic rings. The van der Waals surface area contributed by atoms with Crippen LogP contribution in [0.25, 0.3) is 22.0 Å². The molecule has 0 saturated carbocycles. The second kappa shape index (κ2) is 12.5. The third kappa shape index (κ3) is 5.55. The summed E-state index contributed by atoms with van der Waals surface area (Å²) in [5, 5.41) is 0.992. The quantitative estimate of drug-likeness (QED) is 0.350. The molecule has 0 bridgehead atoms. The number of carbonyl (C=O) groups is 1. The fourth-order valence-electron chi connectivity index (χ4n) is 7.02. The van der Waals surface area contributed by atoms with Crippen molar-refractivity contribution in [3.05, 3.63) is 63.8 Å². The summed E-state index contributed by atoms with van der Waals surface area (Å²) in [5.41, 5.74) is 3.41. The first-order valence-electron chi connectivity index (χ1n) is 15.4. The molecule has 3 aliphatic heterocycles. The number of carbonyl (C=O) groups excluding carboxylic acids is 1. The van der Waals surface area contributed by atoms with Crippen molar-refractivity contribution in [1.82, 2.24) is 24.3 Å². The molecule has 0 aliphatic carbocycles. The first kappa shape index (κ1) is 31.1. The first-order chi connectivity index (χ1) is 21.1. The molecule has 44 heavy (non-hydrogen) atoms. The summed E-state index contributed by atoms with van der Waals surface area (Å²) in [5.74, 6) is 0.834. The molecule has 4 heterocycles. The number of piperazine rings is 2. The van der Waals surface area contributed by atoms with Crippen molar-refractivity contribution < 1.29 is 9.18 Å². The molecule has 6 rings (SSSR count). The smallest absolute Gasteiger partial charge is 0.349 e. The zero-order chi connectivity index (χ0) is 31.3. The Kier molecular flexibility index (Phi) is 8.80. The van der Waals surface area contributed by atoms with E-state index >= 15 is 0 Å². The van der Waals surface area contributed by atoms with Crippen molar-refractivity contribution in [2.24, 2.45) is 0 Å². The fourth-order valence-corrected chi connectivity index (χ4v) is 8.58. The molecule has 1 aromatic heterocycles. The number of nitrogens with zero attached hydrogens (tertiary/aromatic N) is 6. The molecule has 234 valence electrons. The van der Waals surface area contributed by atoms with Gasteiger partial charge in [0.1, 0.15) is 11.6 Å². The van der Waals surface area contributed by atoms with Crippen LogP contribution in [-0.4, -0.2) is 100 Å². The molecule has 0 N–H and O–H groups in total. The molecule has 8 nitrogen and oxygen atoms in total. The van der Waals surface area contributed by atoms with E-state index in [0.29, 0.717) is 18.9 Å². The number of halogens is 2. The van der Waals surface area contributed by atoms with Gasteiger partial charge in [-0.05, 0) is 62.7 Å². The van der Waals surface area contributed by atoms with Crippen LogP contribution in [0.4, 0.5) is 10.2 Å². The van der Waals surface area contributed by atoms with Gasteiger partial charge in [-0.2, -0.15) is 4.98 Å². The van der Waals surface area contributed by atoms with Crippen LogP contribution in [0.2, 0.25) is 5.02 Å². The highest BCUT2D eigenvalue weighted by atomic mass is 35.5. The standard InChI is InChI=1S/C33H40ClFN6O2S/c1-6-28(42)39-16-22(5)40(17-21(39)4)32-25-14-20(3)29(23-8-9-27(35)26(34)15-23)31-30(25)41(33(43)36-32)24(19-44-31)18-38-12-10-37(7-2)11-13-38/h6,8-9,14-15,21-22,24H,1,7,10-13,16-19H2,2-5H3/t21-,22+,24+/m1/s1.